The average Bonchev–Trinajstić information content (AvgIpc) is 3.25. The van der Waals surface area contributed by atoms with Crippen LogP contribution in [0.15, 0.2) is 23.2 Å². The Morgan fingerprint density at radius 2 is 1.67 bits per heavy atom. The molecule has 0 spiro atoms. The maximum absolute atomic E-state index is 12.0. The van der Waals surface area contributed by atoms with Crippen LogP contribution in [-0.2, 0) is 20.3 Å². The predicted molar refractivity (Wildman–Crippen MR) is 103 cm³/mol. The lowest BCUT2D eigenvalue weighted by Gasteiger charge is -2.04. The average molecular weight is 479 g/mol. The van der Waals surface area contributed by atoms with Crippen LogP contribution < -0.4 is 9.94 Å². The van der Waals surface area contributed by atoms with E-state index in [-0.39, 0.29) is 33.7 Å². The molecule has 0 N–H and O–H groups in total. The lowest BCUT2D eigenvalue weighted by Crippen LogP contribution is -2.23. The van der Waals surface area contributed by atoms with Crippen LogP contribution >= 0.6 is 10.7 Å². The highest BCUT2D eigenvalue weighted by Gasteiger charge is 2.22. The van der Waals surface area contributed by atoms with Crippen LogP contribution in [0.1, 0.15) is 28.6 Å². The monoisotopic (exact) mass is 478 g/mol. The molecule has 1 unspecified atom stereocenters. The number of hydrogen-bond acceptors (Lipinski definition) is 10. The Hall–Kier alpha value is -2.89. The highest BCUT2D eigenvalue weighted by molar-refractivity contribution is 8.13. The molecular formula is C15H15ClN4O8S2. The largest absolute Gasteiger partial charge is 0.433 e. The second-order valence-electron chi connectivity index (χ2n) is 5.71. The van der Waals surface area contributed by atoms with Crippen LogP contribution in [0.25, 0.3) is 4.85 Å². The predicted octanol–water partition coefficient (Wildman–Crippen LogP) is 2.63. The van der Waals surface area contributed by atoms with Crippen molar-refractivity contribution in [1.82, 2.24) is 14.3 Å². The van der Waals surface area contributed by atoms with E-state index in [0.717, 1.165) is 3.97 Å². The fourth-order valence-corrected chi connectivity index (χ4v) is 4.57. The maximum Gasteiger partial charge on any atom is 0.420 e. The van der Waals surface area contributed by atoms with Crippen molar-refractivity contribution in [2.75, 3.05) is 0 Å². The molecule has 0 aromatic carbocycles. The summed E-state index contributed by atoms with van der Waals surface area (Å²) in [5.74, 6) is -0.396. The summed E-state index contributed by atoms with van der Waals surface area (Å²) in [6.07, 6.45) is 0. The smallest absolute Gasteiger partial charge is 0.420 e. The molecular weight excluding hydrogens is 464 g/mol. The minimum Gasteiger partial charge on any atom is -0.433 e. The minimum absolute atomic E-state index is 0.0285. The Labute approximate surface area is 177 Å². The van der Waals surface area contributed by atoms with E-state index in [1.54, 1.807) is 13.8 Å². The summed E-state index contributed by atoms with van der Waals surface area (Å²) in [7, 11) is 1.38. The zero-order chi connectivity index (χ0) is 22.8. The highest BCUT2D eigenvalue weighted by atomic mass is 35.7. The fourth-order valence-electron chi connectivity index (χ4n) is 2.22. The van der Waals surface area contributed by atoms with Gasteiger partial charge in [0.15, 0.2) is 11.5 Å². The normalized spacial score (nSPS) is 12.0. The lowest BCUT2D eigenvalue weighted by molar-refractivity contribution is 0.389. The van der Waals surface area contributed by atoms with E-state index < -0.39 is 26.1 Å². The highest BCUT2D eigenvalue weighted by Crippen LogP contribution is 2.24. The van der Waals surface area contributed by atoms with Crippen LogP contribution in [0.3, 0.4) is 0 Å². The molecule has 0 aliphatic rings. The Morgan fingerprint density at radius 1 is 1.10 bits per heavy atom. The lowest BCUT2D eigenvalue weighted by atomic mass is 10.4. The van der Waals surface area contributed by atoms with Crippen LogP contribution in [-0.4, -0.2) is 26.9 Å². The molecule has 0 bridgehead atoms. The Kier molecular flexibility index (Phi) is 6.91. The molecule has 3 rings (SSSR count). The van der Waals surface area contributed by atoms with E-state index in [4.69, 9.17) is 26.0 Å². The number of hydrogen-bond donors (Lipinski definition) is 0. The van der Waals surface area contributed by atoms with E-state index in [1.165, 1.54) is 20.8 Å². The first-order valence-corrected chi connectivity index (χ1v) is 11.2. The number of halogens is 1. The molecule has 0 amide bonds. The number of aromatic nitrogens is 3. The molecule has 1 atom stereocenters. The molecule has 0 saturated heterocycles. The van der Waals surface area contributed by atoms with Gasteiger partial charge in [0.2, 0.25) is 5.75 Å². The summed E-state index contributed by atoms with van der Waals surface area (Å²) in [5.41, 5.74) is 0.827. The summed E-state index contributed by atoms with van der Waals surface area (Å²) in [5, 5.41) is 7.08. The van der Waals surface area contributed by atoms with Gasteiger partial charge in [0.25, 0.3) is 9.05 Å². The van der Waals surface area contributed by atoms with E-state index in [1.807, 2.05) is 0 Å². The van der Waals surface area contributed by atoms with Crippen molar-refractivity contribution in [3.05, 3.63) is 50.6 Å². The van der Waals surface area contributed by atoms with E-state index >= 15 is 0 Å². The van der Waals surface area contributed by atoms with Gasteiger partial charge in [-0.05, 0) is 27.7 Å². The van der Waals surface area contributed by atoms with Crippen molar-refractivity contribution < 1.29 is 30.3 Å². The first-order chi connectivity index (χ1) is 13.9. The summed E-state index contributed by atoms with van der Waals surface area (Å²) < 4.78 is 53.6. The van der Waals surface area contributed by atoms with Crippen molar-refractivity contribution in [2.24, 2.45) is 0 Å². The van der Waals surface area contributed by atoms with Crippen molar-refractivity contribution in [1.29, 1.82) is 0 Å². The third kappa shape index (κ3) is 4.81. The molecule has 0 saturated carbocycles. The van der Waals surface area contributed by atoms with Crippen LogP contribution in [0, 0.1) is 41.2 Å². The summed E-state index contributed by atoms with van der Waals surface area (Å²) in [6, 6.07) is 0. The van der Waals surface area contributed by atoms with Crippen molar-refractivity contribution in [2.45, 2.75) is 39.5 Å². The third-order valence-electron chi connectivity index (χ3n) is 3.55. The molecule has 0 aliphatic carbocycles. The number of nitrogens with zero attached hydrogens (tertiary/aromatic N) is 4. The molecule has 0 radical (unpaired) electrons. The molecule has 0 fully saturated rings. The van der Waals surface area contributed by atoms with Gasteiger partial charge in [0, 0.05) is 17.6 Å². The van der Waals surface area contributed by atoms with Crippen LogP contribution in [0.4, 0.5) is 5.88 Å². The molecule has 3 heterocycles. The molecule has 3 aromatic rings. The second-order valence-corrected chi connectivity index (χ2v) is 9.18. The Balaban J connectivity index is 0.000000248. The topological polar surface area (TPSA) is 152 Å². The van der Waals surface area contributed by atoms with Gasteiger partial charge in [-0.15, -0.1) is 0 Å². The van der Waals surface area contributed by atoms with Gasteiger partial charge in [0.05, 0.1) is 12.3 Å². The summed E-state index contributed by atoms with van der Waals surface area (Å²) >= 11 is -2.17. The Morgan fingerprint density at radius 3 is 2.03 bits per heavy atom. The van der Waals surface area contributed by atoms with E-state index in [2.05, 4.69) is 24.1 Å². The number of aryl methyl sites for hydroxylation is 4. The number of rotatable bonds is 4. The first-order valence-electron chi connectivity index (χ1n) is 7.89. The summed E-state index contributed by atoms with van der Waals surface area (Å²) in [6.45, 7) is 14.5. The van der Waals surface area contributed by atoms with Gasteiger partial charge in [-0.25, -0.2) is 13.2 Å². The zero-order valence-corrected chi connectivity index (χ0v) is 18.6. The standard InChI is InChI=1S/C10H9N3O5S.C5H6ClNO3S/c1-5-8(7(3)17-12-5)18-19(15)13-6(2)9(11-4)16-10(13)14;1-3-5(11(6,8)9)4(2)10-7-3/h1-3H3;1-2H3. The molecule has 12 nitrogen and oxygen atoms in total. The van der Waals surface area contributed by atoms with Crippen LogP contribution in [0.2, 0.25) is 0 Å². The Bertz CT molecular complexity index is 1270. The van der Waals surface area contributed by atoms with E-state index in [9.17, 15) is 17.4 Å². The van der Waals surface area contributed by atoms with Crippen LogP contribution in [0.5, 0.6) is 5.75 Å². The van der Waals surface area contributed by atoms with Crippen molar-refractivity contribution in [3.63, 3.8) is 0 Å². The number of oxazole rings is 1. The maximum atomic E-state index is 12.0. The van der Waals surface area contributed by atoms with Gasteiger partial charge in [0.1, 0.15) is 16.3 Å². The van der Waals surface area contributed by atoms with Crippen molar-refractivity contribution >= 4 is 36.9 Å². The molecule has 162 valence electrons. The van der Waals surface area contributed by atoms with Gasteiger partial charge >= 0.3 is 22.9 Å². The second kappa shape index (κ2) is 8.86. The third-order valence-corrected chi connectivity index (χ3v) is 6.11. The van der Waals surface area contributed by atoms with Crippen molar-refractivity contribution in [3.8, 4) is 5.75 Å². The van der Waals surface area contributed by atoms with E-state index in [0.29, 0.717) is 11.5 Å². The van der Waals surface area contributed by atoms with Gasteiger partial charge < -0.3 is 17.6 Å². The van der Waals surface area contributed by atoms with Gasteiger partial charge in [-0.3, -0.25) is 0 Å². The molecule has 0 aliphatic heterocycles. The fraction of sp³-hybridized carbons (Fsp3) is 0.333. The molecule has 30 heavy (non-hydrogen) atoms. The summed E-state index contributed by atoms with van der Waals surface area (Å²) in [4.78, 5) is 14.5. The molecule has 15 heteroatoms. The van der Waals surface area contributed by atoms with Gasteiger partial charge in [-0.2, -0.15) is 13.0 Å². The minimum atomic E-state index is -3.70. The quantitative estimate of drug-likeness (QED) is 0.404. The first kappa shape index (κ1) is 23.4. The zero-order valence-electron chi connectivity index (χ0n) is 16.2. The molecule has 3 aromatic heterocycles. The SMILES string of the molecule is Cc1noc(C)c1S(=O)(=O)Cl.[C-]#[N+]c1oc(=O)n(S(=O)Oc2c(C)noc2C)c1C. The van der Waals surface area contributed by atoms with Gasteiger partial charge in [-0.1, -0.05) is 10.3 Å².